The van der Waals surface area contributed by atoms with Gasteiger partial charge in [-0.25, -0.2) is 0 Å². The van der Waals surface area contributed by atoms with Crippen molar-refractivity contribution < 1.29 is 4.74 Å². The highest BCUT2D eigenvalue weighted by Gasteiger charge is 2.15. The van der Waals surface area contributed by atoms with Crippen molar-refractivity contribution in [3.8, 4) is 5.75 Å². The second kappa shape index (κ2) is 10.7. The van der Waals surface area contributed by atoms with Crippen LogP contribution in [0.1, 0.15) is 36.0 Å². The summed E-state index contributed by atoms with van der Waals surface area (Å²) in [6.45, 7) is 5.15. The molecule has 1 aliphatic rings. The predicted molar refractivity (Wildman–Crippen MR) is 137 cm³/mol. The summed E-state index contributed by atoms with van der Waals surface area (Å²) in [6.07, 6.45) is 3.73. The Hall–Kier alpha value is -2.07. The van der Waals surface area contributed by atoms with Crippen LogP contribution >= 0.6 is 34.8 Å². The average molecular weight is 490 g/mol. The van der Waals surface area contributed by atoms with E-state index in [1.807, 2.05) is 12.1 Å². The predicted octanol–water partition coefficient (Wildman–Crippen LogP) is 8.14. The zero-order valence-electron chi connectivity index (χ0n) is 18.1. The lowest BCUT2D eigenvalue weighted by molar-refractivity contribution is 0.303. The minimum Gasteiger partial charge on any atom is -0.487 e. The van der Waals surface area contributed by atoms with Gasteiger partial charge >= 0.3 is 0 Å². The molecule has 1 heterocycles. The van der Waals surface area contributed by atoms with Crippen molar-refractivity contribution in [3.05, 3.63) is 86.4 Å². The van der Waals surface area contributed by atoms with Gasteiger partial charge in [-0.2, -0.15) is 0 Å². The lowest BCUT2D eigenvalue weighted by Crippen LogP contribution is -2.29. The molecule has 0 atom stereocenters. The summed E-state index contributed by atoms with van der Waals surface area (Å²) in [5, 5.41) is 5.27. The van der Waals surface area contributed by atoms with Gasteiger partial charge in [-0.15, -0.1) is 0 Å². The highest BCUT2D eigenvalue weighted by molar-refractivity contribution is 6.35. The number of rotatable bonds is 7. The number of hydrogen-bond donors (Lipinski definition) is 1. The molecule has 168 valence electrons. The maximum Gasteiger partial charge on any atom is 0.143 e. The first kappa shape index (κ1) is 23.1. The third-order valence-corrected chi connectivity index (χ3v) is 6.52. The lowest BCUT2D eigenvalue weighted by Gasteiger charge is -2.29. The normalized spacial score (nSPS) is 13.8. The number of anilines is 2. The van der Waals surface area contributed by atoms with E-state index in [0.29, 0.717) is 28.9 Å². The second-order valence-electron chi connectivity index (χ2n) is 8.22. The molecule has 0 spiro atoms. The summed E-state index contributed by atoms with van der Waals surface area (Å²) < 4.78 is 6.10. The molecule has 3 aromatic rings. The molecule has 1 fully saturated rings. The highest BCUT2D eigenvalue weighted by atomic mass is 35.5. The molecule has 6 heteroatoms. The molecule has 0 radical (unpaired) electrons. The van der Waals surface area contributed by atoms with Crippen LogP contribution in [0.15, 0.2) is 54.6 Å². The standard InChI is InChI=1S/C26H27Cl3N2O/c1-18-5-7-19(8-6-18)17-32-26-20(13-21(27)14-24(26)29)16-30-22-9-10-25(23(28)15-22)31-11-3-2-4-12-31/h5-10,13-15,30H,2-4,11-12,16-17H2,1H3. The van der Waals surface area contributed by atoms with E-state index in [-0.39, 0.29) is 0 Å². The maximum absolute atomic E-state index is 6.61. The van der Waals surface area contributed by atoms with Crippen LogP contribution in [0, 0.1) is 6.92 Å². The first-order chi connectivity index (χ1) is 15.5. The highest BCUT2D eigenvalue weighted by Crippen LogP contribution is 2.35. The van der Waals surface area contributed by atoms with Gasteiger partial charge in [0.25, 0.3) is 0 Å². The number of aryl methyl sites for hydroxylation is 1. The average Bonchev–Trinajstić information content (AvgIpc) is 2.78. The summed E-state index contributed by atoms with van der Waals surface area (Å²) in [5.41, 5.74) is 5.24. The van der Waals surface area contributed by atoms with E-state index in [1.165, 1.54) is 24.8 Å². The molecule has 0 aromatic heterocycles. The van der Waals surface area contributed by atoms with Gasteiger partial charge in [0.1, 0.15) is 12.4 Å². The van der Waals surface area contributed by atoms with Crippen LogP contribution in [0.25, 0.3) is 0 Å². The minimum atomic E-state index is 0.436. The van der Waals surface area contributed by atoms with Crippen LogP contribution < -0.4 is 15.0 Å². The fourth-order valence-electron chi connectivity index (χ4n) is 3.95. The third kappa shape index (κ3) is 5.83. The van der Waals surface area contributed by atoms with Crippen LogP contribution in [-0.4, -0.2) is 13.1 Å². The van der Waals surface area contributed by atoms with Crippen molar-refractivity contribution in [2.45, 2.75) is 39.3 Å². The van der Waals surface area contributed by atoms with E-state index < -0.39 is 0 Å². The number of benzene rings is 3. The number of hydrogen-bond acceptors (Lipinski definition) is 3. The topological polar surface area (TPSA) is 24.5 Å². The van der Waals surface area contributed by atoms with Crippen molar-refractivity contribution in [2.75, 3.05) is 23.3 Å². The number of ether oxygens (including phenoxy) is 1. The molecule has 0 saturated carbocycles. The Morgan fingerprint density at radius 1 is 0.875 bits per heavy atom. The summed E-state index contributed by atoms with van der Waals surface area (Å²) in [6, 6.07) is 18.0. The third-order valence-electron chi connectivity index (χ3n) is 5.72. The monoisotopic (exact) mass is 488 g/mol. The molecule has 1 N–H and O–H groups in total. The van der Waals surface area contributed by atoms with E-state index in [1.54, 1.807) is 6.07 Å². The van der Waals surface area contributed by atoms with E-state index in [9.17, 15) is 0 Å². The van der Waals surface area contributed by atoms with E-state index in [0.717, 1.165) is 40.6 Å². The van der Waals surface area contributed by atoms with Crippen LogP contribution in [0.4, 0.5) is 11.4 Å². The van der Waals surface area contributed by atoms with Crippen LogP contribution in [0.2, 0.25) is 15.1 Å². The molecule has 1 aliphatic heterocycles. The molecule has 3 nitrogen and oxygen atoms in total. The number of nitrogens with one attached hydrogen (secondary N) is 1. The Morgan fingerprint density at radius 2 is 1.62 bits per heavy atom. The Bertz CT molecular complexity index is 1060. The Balaban J connectivity index is 1.46. The van der Waals surface area contributed by atoms with Crippen molar-refractivity contribution in [2.24, 2.45) is 0 Å². The first-order valence-electron chi connectivity index (χ1n) is 10.9. The zero-order valence-corrected chi connectivity index (χ0v) is 20.4. The Labute approximate surface area is 205 Å². The van der Waals surface area contributed by atoms with E-state index >= 15 is 0 Å². The molecule has 3 aromatic carbocycles. The fraction of sp³-hybridized carbons (Fsp3) is 0.308. The summed E-state index contributed by atoms with van der Waals surface area (Å²) in [5.74, 6) is 0.639. The van der Waals surface area contributed by atoms with Gasteiger partial charge < -0.3 is 15.0 Å². The smallest absolute Gasteiger partial charge is 0.143 e. The van der Waals surface area contributed by atoms with Crippen LogP contribution in [-0.2, 0) is 13.2 Å². The van der Waals surface area contributed by atoms with Crippen molar-refractivity contribution in [3.63, 3.8) is 0 Å². The second-order valence-corrected chi connectivity index (χ2v) is 9.47. The number of halogens is 3. The summed E-state index contributed by atoms with van der Waals surface area (Å²) >= 11 is 19.4. The molecule has 0 aliphatic carbocycles. The van der Waals surface area contributed by atoms with Gasteiger partial charge in [0.15, 0.2) is 0 Å². The Morgan fingerprint density at radius 3 is 2.34 bits per heavy atom. The van der Waals surface area contributed by atoms with Gasteiger partial charge in [0, 0.05) is 35.9 Å². The molecular weight excluding hydrogens is 463 g/mol. The molecule has 0 bridgehead atoms. The number of nitrogens with zero attached hydrogens (tertiary/aromatic N) is 1. The molecule has 4 rings (SSSR count). The summed E-state index contributed by atoms with van der Waals surface area (Å²) in [4.78, 5) is 2.36. The van der Waals surface area contributed by atoms with Gasteiger partial charge in [-0.1, -0.05) is 64.6 Å². The number of piperidine rings is 1. The van der Waals surface area contributed by atoms with E-state index in [4.69, 9.17) is 39.5 Å². The van der Waals surface area contributed by atoms with Gasteiger partial charge in [-0.05, 0) is 62.1 Å². The summed E-state index contributed by atoms with van der Waals surface area (Å²) in [7, 11) is 0. The van der Waals surface area contributed by atoms with Gasteiger partial charge in [0.2, 0.25) is 0 Å². The van der Waals surface area contributed by atoms with Gasteiger partial charge in [0.05, 0.1) is 15.7 Å². The first-order valence-corrected chi connectivity index (χ1v) is 12.1. The van der Waals surface area contributed by atoms with Crippen LogP contribution in [0.3, 0.4) is 0 Å². The van der Waals surface area contributed by atoms with Crippen LogP contribution in [0.5, 0.6) is 5.75 Å². The largest absolute Gasteiger partial charge is 0.487 e. The Kier molecular flexibility index (Phi) is 7.72. The van der Waals surface area contributed by atoms with Gasteiger partial charge in [-0.3, -0.25) is 0 Å². The maximum atomic E-state index is 6.61. The van der Waals surface area contributed by atoms with E-state index in [2.05, 4.69) is 53.5 Å². The SMILES string of the molecule is Cc1ccc(COc2c(Cl)cc(Cl)cc2CNc2ccc(N3CCCCC3)c(Cl)c2)cc1. The van der Waals surface area contributed by atoms with Crippen molar-refractivity contribution in [1.29, 1.82) is 0 Å². The van der Waals surface area contributed by atoms with Crippen molar-refractivity contribution >= 4 is 46.2 Å². The fourth-order valence-corrected chi connectivity index (χ4v) is 4.84. The van der Waals surface area contributed by atoms with Crippen molar-refractivity contribution in [1.82, 2.24) is 0 Å². The zero-order chi connectivity index (χ0) is 22.5. The molecule has 32 heavy (non-hydrogen) atoms. The minimum absolute atomic E-state index is 0.436. The quantitative estimate of drug-likeness (QED) is 0.362. The molecule has 0 amide bonds. The molecular formula is C26H27Cl3N2O. The molecule has 1 saturated heterocycles. The lowest BCUT2D eigenvalue weighted by atomic mass is 10.1. The molecule has 0 unspecified atom stereocenters.